The molecule has 5 nitrogen and oxygen atoms in total. The summed E-state index contributed by atoms with van der Waals surface area (Å²) in [4.78, 5) is 26.7. The largest absolute Gasteiger partial charge is 0.481 e. The van der Waals surface area contributed by atoms with Crippen molar-refractivity contribution in [3.05, 3.63) is 95.1 Å². The summed E-state index contributed by atoms with van der Waals surface area (Å²) in [5.41, 5.74) is 6.82. The first-order chi connectivity index (χ1) is 16.7. The molecule has 1 aliphatic carbocycles. The van der Waals surface area contributed by atoms with E-state index >= 15 is 0 Å². The minimum atomic E-state index is -0.885. The lowest BCUT2D eigenvalue weighted by molar-refractivity contribution is -0.141. The summed E-state index contributed by atoms with van der Waals surface area (Å²) in [7, 11) is 0. The van der Waals surface area contributed by atoms with Gasteiger partial charge in [-0.05, 0) is 38.8 Å². The van der Waals surface area contributed by atoms with Gasteiger partial charge in [-0.3, -0.25) is 4.79 Å². The van der Waals surface area contributed by atoms with Gasteiger partial charge in [-0.15, -0.1) is 0 Å². The Morgan fingerprint density at radius 3 is 2.00 bits per heavy atom. The van der Waals surface area contributed by atoms with E-state index in [0.29, 0.717) is 6.54 Å². The van der Waals surface area contributed by atoms with Crippen LogP contribution in [0.1, 0.15) is 54.9 Å². The fourth-order valence-electron chi connectivity index (χ4n) is 5.46. The highest BCUT2D eigenvalue weighted by molar-refractivity contribution is 5.79. The number of carbonyl (C=O) groups excluding carboxylic acids is 1. The SMILES string of the molecule is CC(C)(C)c1ccc(C2CN(C(=O)OCC3c4ccccc4-c4ccccc43)CC2C(=O)O)cc1. The molecule has 1 saturated heterocycles. The molecule has 180 valence electrons. The normalized spacial score (nSPS) is 19.3. The molecule has 3 aromatic rings. The second-order valence-corrected chi connectivity index (χ2v) is 10.6. The Labute approximate surface area is 206 Å². The predicted octanol–water partition coefficient (Wildman–Crippen LogP) is 6.03. The number of amides is 1. The van der Waals surface area contributed by atoms with Gasteiger partial charge in [0.1, 0.15) is 6.61 Å². The summed E-state index contributed by atoms with van der Waals surface area (Å²) < 4.78 is 5.79. The van der Waals surface area contributed by atoms with Gasteiger partial charge in [0.2, 0.25) is 0 Å². The van der Waals surface area contributed by atoms with E-state index in [-0.39, 0.29) is 30.4 Å². The number of fused-ring (bicyclic) bond motifs is 3. The number of aliphatic carboxylic acids is 1. The van der Waals surface area contributed by atoms with Crippen LogP contribution in [0.3, 0.4) is 0 Å². The summed E-state index contributed by atoms with van der Waals surface area (Å²) in [6.45, 7) is 7.16. The number of hydrogen-bond acceptors (Lipinski definition) is 3. The van der Waals surface area contributed by atoms with E-state index in [9.17, 15) is 14.7 Å². The van der Waals surface area contributed by atoms with E-state index in [4.69, 9.17) is 4.74 Å². The fourth-order valence-corrected chi connectivity index (χ4v) is 5.46. The van der Waals surface area contributed by atoms with Crippen LogP contribution in [0.5, 0.6) is 0 Å². The smallest absolute Gasteiger partial charge is 0.409 e. The van der Waals surface area contributed by atoms with E-state index in [2.05, 4.69) is 57.2 Å². The minimum absolute atomic E-state index is 0.0216. The molecule has 5 heteroatoms. The number of ether oxygens (including phenoxy) is 1. The molecule has 1 fully saturated rings. The number of carbonyl (C=O) groups is 2. The zero-order valence-electron chi connectivity index (χ0n) is 20.4. The van der Waals surface area contributed by atoms with Crippen molar-refractivity contribution < 1.29 is 19.4 Å². The number of hydrogen-bond donors (Lipinski definition) is 1. The van der Waals surface area contributed by atoms with Crippen LogP contribution in [0.25, 0.3) is 11.1 Å². The summed E-state index contributed by atoms with van der Waals surface area (Å²) in [6.07, 6.45) is -0.452. The van der Waals surface area contributed by atoms with Crippen molar-refractivity contribution >= 4 is 12.1 Å². The van der Waals surface area contributed by atoms with Crippen LogP contribution in [0, 0.1) is 5.92 Å². The third kappa shape index (κ3) is 4.31. The highest BCUT2D eigenvalue weighted by atomic mass is 16.6. The van der Waals surface area contributed by atoms with Gasteiger partial charge in [-0.25, -0.2) is 4.79 Å². The average molecular weight is 470 g/mol. The molecule has 0 bridgehead atoms. The van der Waals surface area contributed by atoms with E-state index in [1.54, 1.807) is 4.90 Å². The number of nitrogens with zero attached hydrogens (tertiary/aromatic N) is 1. The van der Waals surface area contributed by atoms with Gasteiger partial charge >= 0.3 is 12.1 Å². The van der Waals surface area contributed by atoms with Gasteiger partial charge in [0, 0.05) is 24.9 Å². The predicted molar refractivity (Wildman–Crippen MR) is 136 cm³/mol. The standard InChI is InChI=1S/C30H31NO4/c1-30(2,3)20-14-12-19(13-15-20)25-16-31(17-26(25)28(32)33)29(34)35-18-27-23-10-6-4-8-21(23)22-9-5-7-11-24(22)27/h4-15,25-27H,16-18H2,1-3H3,(H,32,33). The first-order valence-corrected chi connectivity index (χ1v) is 12.2. The Morgan fingerprint density at radius 2 is 1.46 bits per heavy atom. The van der Waals surface area contributed by atoms with Crippen LogP contribution in [0.15, 0.2) is 72.8 Å². The molecule has 1 aliphatic heterocycles. The van der Waals surface area contributed by atoms with Crippen molar-refractivity contribution in [3.8, 4) is 11.1 Å². The summed E-state index contributed by atoms with van der Waals surface area (Å²) >= 11 is 0. The quantitative estimate of drug-likeness (QED) is 0.506. The molecule has 35 heavy (non-hydrogen) atoms. The summed E-state index contributed by atoms with van der Waals surface area (Å²) in [6, 6.07) is 24.6. The van der Waals surface area contributed by atoms with Crippen LogP contribution >= 0.6 is 0 Å². The van der Waals surface area contributed by atoms with Crippen LogP contribution in [-0.4, -0.2) is 41.8 Å². The second kappa shape index (κ2) is 8.88. The first-order valence-electron chi connectivity index (χ1n) is 12.2. The lowest BCUT2D eigenvalue weighted by Gasteiger charge is -2.21. The Bertz CT molecular complexity index is 1210. The lowest BCUT2D eigenvalue weighted by Crippen LogP contribution is -2.31. The Morgan fingerprint density at radius 1 is 0.886 bits per heavy atom. The van der Waals surface area contributed by atoms with Crippen molar-refractivity contribution in [3.63, 3.8) is 0 Å². The van der Waals surface area contributed by atoms with Gasteiger partial charge in [-0.2, -0.15) is 0 Å². The number of carboxylic acid groups (broad SMARTS) is 1. The average Bonchev–Trinajstić information content (AvgIpc) is 3.43. The highest BCUT2D eigenvalue weighted by Crippen LogP contribution is 2.44. The minimum Gasteiger partial charge on any atom is -0.481 e. The molecule has 0 spiro atoms. The maximum absolute atomic E-state index is 13.1. The maximum atomic E-state index is 13.1. The zero-order chi connectivity index (χ0) is 24.7. The van der Waals surface area contributed by atoms with Gasteiger partial charge in [-0.1, -0.05) is 93.6 Å². The highest BCUT2D eigenvalue weighted by Gasteiger charge is 2.41. The zero-order valence-corrected chi connectivity index (χ0v) is 20.4. The Hall–Kier alpha value is -3.60. The molecular formula is C30H31NO4. The van der Waals surface area contributed by atoms with Crippen LogP contribution in [-0.2, 0) is 14.9 Å². The van der Waals surface area contributed by atoms with Gasteiger partial charge < -0.3 is 14.7 Å². The van der Waals surface area contributed by atoms with Crippen molar-refractivity contribution in [1.82, 2.24) is 4.90 Å². The lowest BCUT2D eigenvalue weighted by atomic mass is 9.83. The van der Waals surface area contributed by atoms with Crippen LogP contribution < -0.4 is 0 Å². The molecule has 3 aromatic carbocycles. The fraction of sp³-hybridized carbons (Fsp3) is 0.333. The number of carboxylic acids is 1. The molecule has 2 unspecified atom stereocenters. The monoisotopic (exact) mass is 469 g/mol. The summed E-state index contributed by atoms with van der Waals surface area (Å²) in [5, 5.41) is 9.87. The maximum Gasteiger partial charge on any atom is 0.409 e. The molecule has 0 radical (unpaired) electrons. The van der Waals surface area contributed by atoms with Gasteiger partial charge in [0.05, 0.1) is 5.92 Å². The van der Waals surface area contributed by atoms with E-state index in [0.717, 1.165) is 16.7 Å². The third-order valence-corrected chi connectivity index (χ3v) is 7.44. The number of benzene rings is 3. The topological polar surface area (TPSA) is 66.8 Å². The van der Waals surface area contributed by atoms with Crippen LogP contribution in [0.2, 0.25) is 0 Å². The van der Waals surface area contributed by atoms with E-state index < -0.39 is 18.0 Å². The number of likely N-dealkylation sites (tertiary alicyclic amines) is 1. The van der Waals surface area contributed by atoms with E-state index in [1.165, 1.54) is 16.7 Å². The molecule has 1 amide bonds. The Kier molecular flexibility index (Phi) is 5.87. The third-order valence-electron chi connectivity index (χ3n) is 7.44. The van der Waals surface area contributed by atoms with Crippen molar-refractivity contribution in [1.29, 1.82) is 0 Å². The molecule has 0 saturated carbocycles. The van der Waals surface area contributed by atoms with E-state index in [1.807, 2.05) is 36.4 Å². The molecular weight excluding hydrogens is 438 g/mol. The molecule has 0 aromatic heterocycles. The van der Waals surface area contributed by atoms with Crippen molar-refractivity contribution in [2.45, 2.75) is 38.0 Å². The van der Waals surface area contributed by atoms with Crippen molar-refractivity contribution in [2.24, 2.45) is 5.92 Å². The molecule has 1 heterocycles. The van der Waals surface area contributed by atoms with Gasteiger partial charge in [0.15, 0.2) is 0 Å². The molecule has 5 rings (SSSR count). The number of rotatable bonds is 4. The molecule has 2 atom stereocenters. The summed E-state index contributed by atoms with van der Waals surface area (Å²) in [5.74, 6) is -1.83. The first kappa shape index (κ1) is 23.2. The van der Waals surface area contributed by atoms with Crippen molar-refractivity contribution in [2.75, 3.05) is 19.7 Å². The second-order valence-electron chi connectivity index (χ2n) is 10.6. The van der Waals surface area contributed by atoms with Gasteiger partial charge in [0.25, 0.3) is 0 Å². The molecule has 1 N–H and O–H groups in total. The van der Waals surface area contributed by atoms with Crippen LogP contribution in [0.4, 0.5) is 4.79 Å². The Balaban J connectivity index is 1.30. The molecule has 2 aliphatic rings.